The largest absolute Gasteiger partial charge is 0.368 e. The van der Waals surface area contributed by atoms with E-state index in [0.717, 1.165) is 35.5 Å². The summed E-state index contributed by atoms with van der Waals surface area (Å²) in [5.41, 5.74) is 5.02. The molecule has 1 fully saturated rings. The maximum Gasteiger partial charge on any atom is 0.156 e. The van der Waals surface area contributed by atoms with Crippen LogP contribution < -0.4 is 4.90 Å². The molecule has 0 aliphatic carbocycles. The van der Waals surface area contributed by atoms with Crippen molar-refractivity contribution in [3.8, 4) is 11.3 Å². The van der Waals surface area contributed by atoms with E-state index in [1.54, 1.807) is 0 Å². The molecule has 1 N–H and O–H groups in total. The number of hydrogen-bond donors (Lipinski definition) is 1. The lowest BCUT2D eigenvalue weighted by molar-refractivity contribution is 0.247. The van der Waals surface area contributed by atoms with Gasteiger partial charge in [0.2, 0.25) is 0 Å². The average Bonchev–Trinajstić information content (AvgIpc) is 2.93. The van der Waals surface area contributed by atoms with Gasteiger partial charge in [0.1, 0.15) is 5.52 Å². The number of H-pyrrole nitrogens is 1. The van der Waals surface area contributed by atoms with Crippen molar-refractivity contribution < 1.29 is 0 Å². The minimum Gasteiger partial charge on any atom is -0.368 e. The molecule has 22 heavy (non-hydrogen) atoms. The molecule has 5 heteroatoms. The van der Waals surface area contributed by atoms with Crippen LogP contribution in [0.2, 0.25) is 0 Å². The second kappa shape index (κ2) is 5.10. The Balaban J connectivity index is 1.61. The molecule has 0 saturated carbocycles. The van der Waals surface area contributed by atoms with Crippen LogP contribution in [0.25, 0.3) is 22.4 Å². The van der Waals surface area contributed by atoms with Crippen LogP contribution in [-0.4, -0.2) is 53.1 Å². The Morgan fingerprint density at radius 1 is 1.23 bits per heavy atom. The number of rotatable bonds is 3. The average molecular weight is 293 g/mol. The van der Waals surface area contributed by atoms with E-state index >= 15 is 0 Å². The van der Waals surface area contributed by atoms with Crippen molar-refractivity contribution in [2.24, 2.45) is 0 Å². The molecule has 0 radical (unpaired) electrons. The van der Waals surface area contributed by atoms with E-state index in [-0.39, 0.29) is 0 Å². The first kappa shape index (κ1) is 13.3. The second-order valence-electron chi connectivity index (χ2n) is 6.04. The van der Waals surface area contributed by atoms with Gasteiger partial charge in [-0.2, -0.15) is 0 Å². The lowest BCUT2D eigenvalue weighted by Gasteiger charge is -2.44. The fraction of sp³-hybridized carbons (Fsp3) is 0.294. The molecule has 0 bridgehead atoms. The Labute approximate surface area is 129 Å². The van der Waals surface area contributed by atoms with Crippen molar-refractivity contribution >= 4 is 16.9 Å². The molecule has 0 amide bonds. The minimum absolute atomic E-state index is 0.652. The topological polar surface area (TPSA) is 48.0 Å². The summed E-state index contributed by atoms with van der Waals surface area (Å²) in [4.78, 5) is 16.9. The fourth-order valence-electron chi connectivity index (χ4n) is 2.82. The third kappa shape index (κ3) is 2.23. The van der Waals surface area contributed by atoms with Gasteiger partial charge in [0.25, 0.3) is 0 Å². The lowest BCUT2D eigenvalue weighted by Crippen LogP contribution is -2.57. The van der Waals surface area contributed by atoms with Gasteiger partial charge >= 0.3 is 0 Å². The number of likely N-dealkylation sites (N-methyl/N-ethyl adjacent to an activating group) is 1. The number of aromatic nitrogens is 3. The molecule has 1 aliphatic rings. The number of nitrogens with one attached hydrogen (secondary N) is 1. The Morgan fingerprint density at radius 2 is 2.09 bits per heavy atom. The van der Waals surface area contributed by atoms with E-state index in [4.69, 9.17) is 0 Å². The number of benzene rings is 1. The van der Waals surface area contributed by atoms with E-state index in [1.165, 1.54) is 5.69 Å². The fourth-order valence-corrected chi connectivity index (χ4v) is 2.82. The zero-order chi connectivity index (χ0) is 15.1. The van der Waals surface area contributed by atoms with E-state index in [0.29, 0.717) is 6.04 Å². The van der Waals surface area contributed by atoms with Crippen LogP contribution in [0.5, 0.6) is 0 Å². The van der Waals surface area contributed by atoms with Crippen LogP contribution in [-0.2, 0) is 0 Å². The number of fused-ring (bicyclic) bond motifs is 1. The summed E-state index contributed by atoms with van der Waals surface area (Å²) >= 11 is 0. The van der Waals surface area contributed by atoms with Crippen molar-refractivity contribution in [2.75, 3.05) is 32.1 Å². The first-order valence-corrected chi connectivity index (χ1v) is 7.52. The van der Waals surface area contributed by atoms with E-state index < -0.39 is 0 Å². The first-order valence-electron chi connectivity index (χ1n) is 7.52. The highest BCUT2D eigenvalue weighted by atomic mass is 15.3. The number of hydrogen-bond acceptors (Lipinski definition) is 4. The highest BCUT2D eigenvalue weighted by molar-refractivity contribution is 5.75. The van der Waals surface area contributed by atoms with Gasteiger partial charge in [0.15, 0.2) is 5.65 Å². The molecule has 1 aliphatic heterocycles. The van der Waals surface area contributed by atoms with Gasteiger partial charge in [-0.15, -0.1) is 0 Å². The molecule has 0 spiro atoms. The summed E-state index contributed by atoms with van der Waals surface area (Å²) in [6, 6.07) is 11.2. The highest BCUT2D eigenvalue weighted by Crippen LogP contribution is 2.27. The van der Waals surface area contributed by atoms with Gasteiger partial charge in [0, 0.05) is 36.6 Å². The third-order valence-corrected chi connectivity index (χ3v) is 4.36. The normalized spacial score (nSPS) is 15.5. The van der Waals surface area contributed by atoms with Gasteiger partial charge in [-0.25, -0.2) is 9.97 Å². The summed E-state index contributed by atoms with van der Waals surface area (Å²) in [6.07, 6.45) is 3.70. The van der Waals surface area contributed by atoms with Gasteiger partial charge < -0.3 is 14.8 Å². The standard InChI is InChI=1S/C17H19N5/c1-21(2)14-10-22(11-14)13-5-3-4-12(8-13)16-9-19-17-15(20-16)6-7-18-17/h3-9,14H,10-11H2,1-2H3,(H,18,19). The summed E-state index contributed by atoms with van der Waals surface area (Å²) in [7, 11) is 4.28. The molecular weight excluding hydrogens is 274 g/mol. The number of nitrogens with zero attached hydrogens (tertiary/aromatic N) is 4. The molecule has 0 atom stereocenters. The zero-order valence-corrected chi connectivity index (χ0v) is 12.8. The Kier molecular flexibility index (Phi) is 3.08. The maximum absolute atomic E-state index is 4.67. The molecule has 5 nitrogen and oxygen atoms in total. The van der Waals surface area contributed by atoms with Gasteiger partial charge in [-0.05, 0) is 32.3 Å². The van der Waals surface area contributed by atoms with Crippen molar-refractivity contribution in [2.45, 2.75) is 6.04 Å². The van der Waals surface area contributed by atoms with E-state index in [2.05, 4.69) is 63.1 Å². The molecule has 1 aromatic carbocycles. The maximum atomic E-state index is 4.67. The molecule has 112 valence electrons. The molecular formula is C17H19N5. The van der Waals surface area contributed by atoms with Crippen LogP contribution in [0.3, 0.4) is 0 Å². The highest BCUT2D eigenvalue weighted by Gasteiger charge is 2.28. The second-order valence-corrected chi connectivity index (χ2v) is 6.04. The lowest BCUT2D eigenvalue weighted by atomic mass is 10.0. The van der Waals surface area contributed by atoms with Crippen LogP contribution in [0, 0.1) is 0 Å². The van der Waals surface area contributed by atoms with E-state index in [9.17, 15) is 0 Å². The third-order valence-electron chi connectivity index (χ3n) is 4.36. The van der Waals surface area contributed by atoms with Crippen molar-refractivity contribution in [1.29, 1.82) is 0 Å². The molecule has 3 aromatic rings. The predicted molar refractivity (Wildman–Crippen MR) is 89.0 cm³/mol. The van der Waals surface area contributed by atoms with Crippen LogP contribution in [0.15, 0.2) is 42.7 Å². The summed E-state index contributed by atoms with van der Waals surface area (Å²) in [6.45, 7) is 2.16. The SMILES string of the molecule is CN(C)C1CN(c2cccc(-c3cnc4[nH]ccc4n3)c2)C1. The van der Waals surface area contributed by atoms with Gasteiger partial charge in [-0.1, -0.05) is 12.1 Å². The van der Waals surface area contributed by atoms with Crippen LogP contribution >= 0.6 is 0 Å². The minimum atomic E-state index is 0.652. The smallest absolute Gasteiger partial charge is 0.156 e. The molecule has 1 saturated heterocycles. The summed E-state index contributed by atoms with van der Waals surface area (Å²) in [5, 5.41) is 0. The molecule has 2 aromatic heterocycles. The van der Waals surface area contributed by atoms with Crippen molar-refractivity contribution in [3.05, 3.63) is 42.7 Å². The Bertz CT molecular complexity index is 801. The van der Waals surface area contributed by atoms with Crippen LogP contribution in [0.4, 0.5) is 5.69 Å². The predicted octanol–water partition coefficient (Wildman–Crippen LogP) is 2.38. The first-order chi connectivity index (χ1) is 10.7. The number of anilines is 1. The molecule has 4 rings (SSSR count). The van der Waals surface area contributed by atoms with Gasteiger partial charge in [-0.3, -0.25) is 0 Å². The zero-order valence-electron chi connectivity index (χ0n) is 12.8. The van der Waals surface area contributed by atoms with Gasteiger partial charge in [0.05, 0.1) is 11.9 Å². The Hall–Kier alpha value is -2.40. The Morgan fingerprint density at radius 3 is 2.91 bits per heavy atom. The van der Waals surface area contributed by atoms with Crippen molar-refractivity contribution in [1.82, 2.24) is 19.9 Å². The van der Waals surface area contributed by atoms with Crippen LogP contribution in [0.1, 0.15) is 0 Å². The monoisotopic (exact) mass is 293 g/mol. The summed E-state index contributed by atoms with van der Waals surface area (Å²) in [5.74, 6) is 0. The number of aromatic amines is 1. The summed E-state index contributed by atoms with van der Waals surface area (Å²) < 4.78 is 0. The van der Waals surface area contributed by atoms with Crippen molar-refractivity contribution in [3.63, 3.8) is 0 Å². The molecule has 3 heterocycles. The molecule has 0 unspecified atom stereocenters. The van der Waals surface area contributed by atoms with E-state index in [1.807, 2.05) is 18.5 Å². The quantitative estimate of drug-likeness (QED) is 0.805.